The van der Waals surface area contributed by atoms with Gasteiger partial charge in [0.1, 0.15) is 0 Å². The maximum Gasteiger partial charge on any atom is 0.0564 e. The van der Waals surface area contributed by atoms with Crippen molar-refractivity contribution >= 4 is 5.57 Å². The molecule has 1 aliphatic heterocycles. The molecule has 3 heteroatoms. The SMILES string of the molecule is Cn1cc(C2=CCN(CCCc3ccccc3)CC2)cn1. The lowest BCUT2D eigenvalue weighted by molar-refractivity contribution is 0.298. The predicted octanol–water partition coefficient (Wildman–Crippen LogP) is 3.14. The van der Waals surface area contributed by atoms with E-state index in [9.17, 15) is 0 Å². The average Bonchev–Trinajstić information content (AvgIpc) is 2.96. The summed E-state index contributed by atoms with van der Waals surface area (Å²) in [4.78, 5) is 2.54. The fourth-order valence-electron chi connectivity index (χ4n) is 2.91. The van der Waals surface area contributed by atoms with Gasteiger partial charge in [-0.3, -0.25) is 9.58 Å². The van der Waals surface area contributed by atoms with E-state index in [0.717, 1.165) is 19.5 Å². The van der Waals surface area contributed by atoms with Gasteiger partial charge in [0.05, 0.1) is 6.20 Å². The molecule has 1 aliphatic rings. The molecule has 0 aliphatic carbocycles. The van der Waals surface area contributed by atoms with Crippen molar-refractivity contribution in [3.8, 4) is 0 Å². The van der Waals surface area contributed by atoms with Crippen LogP contribution in [0.1, 0.15) is 24.0 Å². The Kier molecular flexibility index (Phi) is 4.51. The summed E-state index contributed by atoms with van der Waals surface area (Å²) in [5.41, 5.74) is 4.17. The first-order chi connectivity index (χ1) is 10.3. The maximum absolute atomic E-state index is 4.26. The van der Waals surface area contributed by atoms with Crippen LogP contribution in [0.5, 0.6) is 0 Å². The number of aromatic nitrogens is 2. The first-order valence-electron chi connectivity index (χ1n) is 7.75. The number of rotatable bonds is 5. The molecule has 0 radical (unpaired) electrons. The smallest absolute Gasteiger partial charge is 0.0564 e. The molecule has 2 aromatic rings. The molecular weight excluding hydrogens is 258 g/mol. The first-order valence-corrected chi connectivity index (χ1v) is 7.75. The van der Waals surface area contributed by atoms with Crippen molar-refractivity contribution in [3.05, 3.63) is 59.9 Å². The van der Waals surface area contributed by atoms with Crippen LogP contribution in [0.25, 0.3) is 5.57 Å². The quantitative estimate of drug-likeness (QED) is 0.839. The molecule has 110 valence electrons. The highest BCUT2D eigenvalue weighted by Gasteiger charge is 2.13. The van der Waals surface area contributed by atoms with Crippen LogP contribution in [-0.4, -0.2) is 34.3 Å². The number of aryl methyl sites for hydroxylation is 2. The number of benzene rings is 1. The van der Waals surface area contributed by atoms with Crippen LogP contribution in [-0.2, 0) is 13.5 Å². The van der Waals surface area contributed by atoms with E-state index in [0.29, 0.717) is 0 Å². The van der Waals surface area contributed by atoms with Crippen molar-refractivity contribution in [3.63, 3.8) is 0 Å². The van der Waals surface area contributed by atoms with Gasteiger partial charge < -0.3 is 0 Å². The molecule has 0 saturated carbocycles. The minimum absolute atomic E-state index is 1.07. The topological polar surface area (TPSA) is 21.1 Å². The van der Waals surface area contributed by atoms with Crippen molar-refractivity contribution in [1.82, 2.24) is 14.7 Å². The number of hydrogen-bond acceptors (Lipinski definition) is 2. The molecule has 0 unspecified atom stereocenters. The summed E-state index contributed by atoms with van der Waals surface area (Å²) in [6.07, 6.45) is 9.99. The molecule has 3 rings (SSSR count). The lowest BCUT2D eigenvalue weighted by Gasteiger charge is -2.26. The minimum atomic E-state index is 1.07. The average molecular weight is 281 g/mol. The zero-order chi connectivity index (χ0) is 14.5. The monoisotopic (exact) mass is 281 g/mol. The van der Waals surface area contributed by atoms with Crippen molar-refractivity contribution in [2.45, 2.75) is 19.3 Å². The van der Waals surface area contributed by atoms with Gasteiger partial charge in [0, 0.05) is 31.9 Å². The van der Waals surface area contributed by atoms with Gasteiger partial charge in [-0.25, -0.2) is 0 Å². The molecule has 2 heterocycles. The van der Waals surface area contributed by atoms with Crippen molar-refractivity contribution < 1.29 is 0 Å². The molecule has 0 N–H and O–H groups in total. The van der Waals surface area contributed by atoms with E-state index in [1.165, 1.54) is 36.1 Å². The van der Waals surface area contributed by atoms with E-state index < -0.39 is 0 Å². The van der Waals surface area contributed by atoms with E-state index in [-0.39, 0.29) is 0 Å². The van der Waals surface area contributed by atoms with Crippen LogP contribution >= 0.6 is 0 Å². The summed E-state index contributed by atoms with van der Waals surface area (Å²) >= 11 is 0. The fraction of sp³-hybridized carbons (Fsp3) is 0.389. The predicted molar refractivity (Wildman–Crippen MR) is 87.0 cm³/mol. The Morgan fingerprint density at radius 2 is 2.05 bits per heavy atom. The van der Waals surface area contributed by atoms with Gasteiger partial charge in [0.15, 0.2) is 0 Å². The molecule has 3 nitrogen and oxygen atoms in total. The standard InChI is InChI=1S/C18H23N3/c1-20-15-18(14-19-20)17-9-12-21(13-10-17)11-5-8-16-6-3-2-4-7-16/h2-4,6-7,9,14-15H,5,8,10-13H2,1H3. The second kappa shape index (κ2) is 6.72. The Morgan fingerprint density at radius 3 is 2.71 bits per heavy atom. The number of nitrogens with zero attached hydrogens (tertiary/aromatic N) is 3. The molecule has 1 aromatic carbocycles. The van der Waals surface area contributed by atoms with Crippen LogP contribution in [0, 0.1) is 0 Å². The second-order valence-electron chi connectivity index (χ2n) is 5.77. The van der Waals surface area contributed by atoms with Crippen molar-refractivity contribution in [2.24, 2.45) is 7.05 Å². The van der Waals surface area contributed by atoms with Crippen molar-refractivity contribution in [2.75, 3.05) is 19.6 Å². The lowest BCUT2D eigenvalue weighted by Crippen LogP contribution is -2.29. The molecule has 0 atom stereocenters. The third-order valence-electron chi connectivity index (χ3n) is 4.15. The minimum Gasteiger partial charge on any atom is -0.299 e. The van der Waals surface area contributed by atoms with Gasteiger partial charge in [-0.15, -0.1) is 0 Å². The zero-order valence-electron chi connectivity index (χ0n) is 12.7. The van der Waals surface area contributed by atoms with Gasteiger partial charge in [-0.2, -0.15) is 5.10 Å². The van der Waals surface area contributed by atoms with Crippen molar-refractivity contribution in [1.29, 1.82) is 0 Å². The van der Waals surface area contributed by atoms with E-state index in [2.05, 4.69) is 52.6 Å². The molecule has 0 spiro atoms. The van der Waals surface area contributed by atoms with E-state index in [1.54, 1.807) is 0 Å². The highest BCUT2D eigenvalue weighted by atomic mass is 15.2. The summed E-state index contributed by atoms with van der Waals surface area (Å²) in [7, 11) is 1.97. The summed E-state index contributed by atoms with van der Waals surface area (Å²) in [6, 6.07) is 10.8. The second-order valence-corrected chi connectivity index (χ2v) is 5.77. The van der Waals surface area contributed by atoms with Gasteiger partial charge in [0.2, 0.25) is 0 Å². The van der Waals surface area contributed by atoms with E-state index >= 15 is 0 Å². The molecule has 0 amide bonds. The van der Waals surface area contributed by atoms with Gasteiger partial charge in [-0.1, -0.05) is 36.4 Å². The highest BCUT2D eigenvalue weighted by Crippen LogP contribution is 2.21. The largest absolute Gasteiger partial charge is 0.299 e. The Hall–Kier alpha value is -1.87. The normalized spacial score (nSPS) is 16.0. The lowest BCUT2D eigenvalue weighted by atomic mass is 10.0. The van der Waals surface area contributed by atoms with Gasteiger partial charge in [0.25, 0.3) is 0 Å². The fourth-order valence-corrected chi connectivity index (χ4v) is 2.91. The Morgan fingerprint density at radius 1 is 1.19 bits per heavy atom. The third kappa shape index (κ3) is 3.82. The van der Waals surface area contributed by atoms with E-state index in [1.807, 2.05) is 17.9 Å². The van der Waals surface area contributed by atoms with Crippen LogP contribution in [0.3, 0.4) is 0 Å². The molecule has 0 bridgehead atoms. The molecule has 1 aromatic heterocycles. The van der Waals surface area contributed by atoms with Gasteiger partial charge in [-0.05, 0) is 36.9 Å². The molecular formula is C18H23N3. The summed E-state index contributed by atoms with van der Waals surface area (Å²) in [5, 5.41) is 4.26. The van der Waals surface area contributed by atoms with Crippen LogP contribution < -0.4 is 0 Å². The summed E-state index contributed by atoms with van der Waals surface area (Å²) < 4.78 is 1.88. The van der Waals surface area contributed by atoms with Crippen LogP contribution in [0.4, 0.5) is 0 Å². The van der Waals surface area contributed by atoms with Crippen LogP contribution in [0.15, 0.2) is 48.8 Å². The zero-order valence-corrected chi connectivity index (χ0v) is 12.7. The molecule has 0 saturated heterocycles. The highest BCUT2D eigenvalue weighted by molar-refractivity contribution is 5.65. The Balaban J connectivity index is 1.46. The van der Waals surface area contributed by atoms with E-state index in [4.69, 9.17) is 0 Å². The number of hydrogen-bond donors (Lipinski definition) is 0. The Labute approximate surface area is 126 Å². The summed E-state index contributed by atoms with van der Waals surface area (Å²) in [6.45, 7) is 3.42. The maximum atomic E-state index is 4.26. The molecule has 0 fully saturated rings. The Bertz CT molecular complexity index is 598. The van der Waals surface area contributed by atoms with Gasteiger partial charge >= 0.3 is 0 Å². The first kappa shape index (κ1) is 14.1. The molecule has 21 heavy (non-hydrogen) atoms. The summed E-state index contributed by atoms with van der Waals surface area (Å²) in [5.74, 6) is 0. The van der Waals surface area contributed by atoms with Crippen LogP contribution in [0.2, 0.25) is 0 Å². The third-order valence-corrected chi connectivity index (χ3v) is 4.15.